The molecule has 1 saturated heterocycles. The van der Waals surface area contributed by atoms with Crippen molar-refractivity contribution in [3.8, 4) is 23.1 Å². The molecule has 0 bridgehead atoms. The van der Waals surface area contributed by atoms with Gasteiger partial charge in [0, 0.05) is 49.3 Å². The molecule has 6 heterocycles. The number of fused-ring (bicyclic) bond motifs is 2. The van der Waals surface area contributed by atoms with Gasteiger partial charge in [0.05, 0.1) is 26.0 Å². The molecule has 0 atom stereocenters. The second-order valence-corrected chi connectivity index (χ2v) is 9.60. The lowest BCUT2D eigenvalue weighted by atomic mass is 9.87. The van der Waals surface area contributed by atoms with Gasteiger partial charge >= 0.3 is 0 Å². The van der Waals surface area contributed by atoms with Crippen molar-refractivity contribution in [2.24, 2.45) is 5.41 Å². The SMILES string of the molecule is COc1cc2nnc(-c3cc(C)on3)n2nc1OCc1ccc2c(n1)CCN(CC1(C)COC1)C2. The van der Waals surface area contributed by atoms with Gasteiger partial charge in [-0.15, -0.1) is 15.3 Å². The Kier molecular flexibility index (Phi) is 5.37. The first-order chi connectivity index (χ1) is 17.0. The number of methoxy groups -OCH3 is 1. The minimum atomic E-state index is 0.266. The lowest BCUT2D eigenvalue weighted by molar-refractivity contribution is -0.116. The molecule has 0 saturated carbocycles. The maximum atomic E-state index is 6.04. The van der Waals surface area contributed by atoms with Crippen LogP contribution in [-0.4, -0.2) is 68.3 Å². The van der Waals surface area contributed by atoms with E-state index in [9.17, 15) is 0 Å². The highest BCUT2D eigenvalue weighted by molar-refractivity contribution is 5.56. The Bertz CT molecular complexity index is 1380. The zero-order chi connectivity index (χ0) is 24.0. The van der Waals surface area contributed by atoms with E-state index >= 15 is 0 Å². The Morgan fingerprint density at radius 2 is 2.06 bits per heavy atom. The predicted octanol–water partition coefficient (Wildman–Crippen LogP) is 2.46. The van der Waals surface area contributed by atoms with Crippen LogP contribution in [0.2, 0.25) is 0 Å². The number of aryl methyl sites for hydroxylation is 1. The van der Waals surface area contributed by atoms with E-state index in [2.05, 4.69) is 38.3 Å². The predicted molar refractivity (Wildman–Crippen MR) is 124 cm³/mol. The number of ether oxygens (including phenoxy) is 3. The lowest BCUT2D eigenvalue weighted by Gasteiger charge is -2.43. The Balaban J connectivity index is 1.19. The van der Waals surface area contributed by atoms with Crippen LogP contribution in [0, 0.1) is 12.3 Å². The van der Waals surface area contributed by atoms with Crippen LogP contribution >= 0.6 is 0 Å². The second kappa shape index (κ2) is 8.58. The Morgan fingerprint density at radius 3 is 2.80 bits per heavy atom. The first-order valence-corrected chi connectivity index (χ1v) is 11.6. The quantitative estimate of drug-likeness (QED) is 0.393. The zero-order valence-electron chi connectivity index (χ0n) is 20.0. The van der Waals surface area contributed by atoms with E-state index in [4.69, 9.17) is 23.7 Å². The molecule has 0 N–H and O–H groups in total. The van der Waals surface area contributed by atoms with Crippen LogP contribution in [0.1, 0.15) is 29.6 Å². The number of hydrogen-bond acceptors (Lipinski definition) is 10. The van der Waals surface area contributed by atoms with E-state index in [0.717, 1.165) is 50.7 Å². The highest BCUT2D eigenvalue weighted by atomic mass is 16.5. The molecule has 2 aliphatic heterocycles. The normalized spacial score (nSPS) is 17.2. The van der Waals surface area contributed by atoms with Crippen LogP contribution in [0.15, 0.2) is 28.8 Å². The van der Waals surface area contributed by atoms with E-state index in [0.29, 0.717) is 34.6 Å². The highest BCUT2D eigenvalue weighted by Gasteiger charge is 2.36. The summed E-state index contributed by atoms with van der Waals surface area (Å²) in [5.41, 5.74) is 4.60. The van der Waals surface area contributed by atoms with Gasteiger partial charge < -0.3 is 18.7 Å². The summed E-state index contributed by atoms with van der Waals surface area (Å²) >= 11 is 0. The molecule has 35 heavy (non-hydrogen) atoms. The molecule has 2 aliphatic rings. The van der Waals surface area contributed by atoms with Gasteiger partial charge in [0.25, 0.3) is 5.88 Å². The van der Waals surface area contributed by atoms with Crippen LogP contribution in [0.25, 0.3) is 17.2 Å². The Morgan fingerprint density at radius 1 is 1.17 bits per heavy atom. The molecule has 1 fully saturated rings. The first kappa shape index (κ1) is 21.9. The van der Waals surface area contributed by atoms with Crippen LogP contribution in [0.3, 0.4) is 0 Å². The third kappa shape index (κ3) is 4.21. The van der Waals surface area contributed by atoms with Crippen molar-refractivity contribution in [3.63, 3.8) is 0 Å². The standard InChI is InChI=1S/C24H27N7O4/c1-15-8-19(29-35-15)22-27-26-21-9-20(32-3)23(28-31(21)22)34-11-17-5-4-16-10-30(7-6-18(16)25-17)12-24(2)13-33-14-24/h4-5,8-9H,6-7,10-14H2,1-3H3. The number of hydrogen-bond donors (Lipinski definition) is 0. The number of aromatic nitrogens is 6. The van der Waals surface area contributed by atoms with E-state index in [1.807, 2.05) is 13.0 Å². The van der Waals surface area contributed by atoms with Crippen molar-refractivity contribution in [1.82, 2.24) is 34.9 Å². The molecular weight excluding hydrogens is 450 g/mol. The fourth-order valence-electron chi connectivity index (χ4n) is 4.64. The van der Waals surface area contributed by atoms with Gasteiger partial charge in [-0.2, -0.15) is 4.52 Å². The monoisotopic (exact) mass is 477 g/mol. The summed E-state index contributed by atoms with van der Waals surface area (Å²) in [7, 11) is 1.57. The summed E-state index contributed by atoms with van der Waals surface area (Å²) in [6.07, 6.45) is 0.925. The van der Waals surface area contributed by atoms with Gasteiger partial charge in [-0.25, -0.2) is 0 Å². The Labute approximate surface area is 202 Å². The van der Waals surface area contributed by atoms with Crippen molar-refractivity contribution < 1.29 is 18.7 Å². The van der Waals surface area contributed by atoms with Crippen molar-refractivity contribution in [2.75, 3.05) is 33.4 Å². The molecule has 0 unspecified atom stereocenters. The van der Waals surface area contributed by atoms with E-state index < -0.39 is 0 Å². The molecule has 11 heteroatoms. The van der Waals surface area contributed by atoms with Gasteiger partial charge in [0.15, 0.2) is 17.1 Å². The molecule has 182 valence electrons. The largest absolute Gasteiger partial charge is 0.491 e. The summed E-state index contributed by atoms with van der Waals surface area (Å²) in [4.78, 5) is 7.37. The summed E-state index contributed by atoms with van der Waals surface area (Å²) in [5.74, 6) is 1.93. The topological polar surface area (TPSA) is 113 Å². The van der Waals surface area contributed by atoms with Gasteiger partial charge in [0.1, 0.15) is 12.4 Å². The van der Waals surface area contributed by atoms with Crippen LogP contribution in [0.5, 0.6) is 11.6 Å². The van der Waals surface area contributed by atoms with Gasteiger partial charge in [-0.1, -0.05) is 18.1 Å². The van der Waals surface area contributed by atoms with Crippen LogP contribution in [0.4, 0.5) is 0 Å². The molecule has 11 nitrogen and oxygen atoms in total. The fraction of sp³-hybridized carbons (Fsp3) is 0.458. The number of rotatable bonds is 7. The van der Waals surface area contributed by atoms with Gasteiger partial charge in [0.2, 0.25) is 5.82 Å². The molecule has 4 aromatic rings. The minimum Gasteiger partial charge on any atom is -0.491 e. The summed E-state index contributed by atoms with van der Waals surface area (Å²) in [6.45, 7) is 9.06. The number of nitrogens with zero attached hydrogens (tertiary/aromatic N) is 7. The molecule has 0 aromatic carbocycles. The second-order valence-electron chi connectivity index (χ2n) is 9.60. The molecular formula is C24H27N7O4. The van der Waals surface area contributed by atoms with Crippen molar-refractivity contribution >= 4 is 5.65 Å². The summed E-state index contributed by atoms with van der Waals surface area (Å²) in [5, 5.41) is 16.9. The molecule has 0 amide bonds. The van der Waals surface area contributed by atoms with Crippen molar-refractivity contribution in [2.45, 2.75) is 33.4 Å². The van der Waals surface area contributed by atoms with Crippen LogP contribution in [-0.2, 0) is 24.3 Å². The van der Waals surface area contributed by atoms with Gasteiger partial charge in [-0.05, 0) is 18.6 Å². The van der Waals surface area contributed by atoms with Crippen molar-refractivity contribution in [1.29, 1.82) is 0 Å². The maximum absolute atomic E-state index is 6.04. The lowest BCUT2D eigenvalue weighted by Crippen LogP contribution is -2.49. The smallest absolute Gasteiger partial charge is 0.275 e. The Hall–Kier alpha value is -3.57. The number of pyridine rings is 1. The third-order valence-electron chi connectivity index (χ3n) is 6.45. The molecule has 4 aromatic heterocycles. The van der Waals surface area contributed by atoms with Gasteiger partial charge in [-0.3, -0.25) is 9.88 Å². The maximum Gasteiger partial charge on any atom is 0.275 e. The molecule has 0 aliphatic carbocycles. The highest BCUT2D eigenvalue weighted by Crippen LogP contribution is 2.31. The summed E-state index contributed by atoms with van der Waals surface area (Å²) < 4.78 is 23.7. The van der Waals surface area contributed by atoms with E-state index in [-0.39, 0.29) is 12.0 Å². The molecule has 0 radical (unpaired) electrons. The first-order valence-electron chi connectivity index (χ1n) is 11.6. The third-order valence-corrected chi connectivity index (χ3v) is 6.45. The fourth-order valence-corrected chi connectivity index (χ4v) is 4.64. The zero-order valence-corrected chi connectivity index (χ0v) is 20.0. The van der Waals surface area contributed by atoms with Crippen LogP contribution < -0.4 is 9.47 Å². The average Bonchev–Trinajstić information content (AvgIpc) is 3.46. The average molecular weight is 478 g/mol. The van der Waals surface area contributed by atoms with Crippen molar-refractivity contribution in [3.05, 3.63) is 47.0 Å². The van der Waals surface area contributed by atoms with E-state index in [1.54, 1.807) is 23.8 Å². The molecule has 0 spiro atoms. The minimum absolute atomic E-state index is 0.266. The summed E-state index contributed by atoms with van der Waals surface area (Å²) in [6, 6.07) is 7.69. The molecule has 6 rings (SSSR count). The van der Waals surface area contributed by atoms with E-state index in [1.165, 1.54) is 5.56 Å².